The van der Waals surface area contributed by atoms with Gasteiger partial charge in [0.15, 0.2) is 0 Å². The van der Waals surface area contributed by atoms with Crippen molar-refractivity contribution >= 4 is 0 Å². The molecule has 1 aromatic rings. The fourth-order valence-corrected chi connectivity index (χ4v) is 2.42. The molecule has 0 bridgehead atoms. The molecule has 0 radical (unpaired) electrons. The second kappa shape index (κ2) is 3.05. The van der Waals surface area contributed by atoms with Crippen molar-refractivity contribution in [2.24, 2.45) is 0 Å². The van der Waals surface area contributed by atoms with Crippen LogP contribution in [0.3, 0.4) is 0 Å². The van der Waals surface area contributed by atoms with Crippen molar-refractivity contribution in [3.05, 3.63) is 11.4 Å². The molecule has 1 atom stereocenters. The van der Waals surface area contributed by atoms with Gasteiger partial charge in [0.2, 0.25) is 0 Å². The maximum Gasteiger partial charge on any atom is 0.0862 e. The van der Waals surface area contributed by atoms with Crippen molar-refractivity contribution in [3.8, 4) is 0 Å². The SMILES string of the molecule is CNCC1CCc2nnn(C3CC3)c21. The first-order valence-corrected chi connectivity index (χ1v) is 5.48. The summed E-state index contributed by atoms with van der Waals surface area (Å²) < 4.78 is 2.18. The summed E-state index contributed by atoms with van der Waals surface area (Å²) in [5.74, 6) is 0.644. The number of rotatable bonds is 3. The van der Waals surface area contributed by atoms with Crippen LogP contribution in [-0.2, 0) is 6.42 Å². The fourth-order valence-electron chi connectivity index (χ4n) is 2.42. The molecular formula is C10H16N4. The van der Waals surface area contributed by atoms with Crippen LogP contribution in [0.1, 0.15) is 42.6 Å². The Morgan fingerprint density at radius 3 is 3.00 bits per heavy atom. The summed E-state index contributed by atoms with van der Waals surface area (Å²) >= 11 is 0. The predicted octanol–water partition coefficient (Wildman–Crippen LogP) is 0.862. The van der Waals surface area contributed by atoms with Gasteiger partial charge in [-0.2, -0.15) is 0 Å². The van der Waals surface area contributed by atoms with Gasteiger partial charge >= 0.3 is 0 Å². The Morgan fingerprint density at radius 2 is 2.29 bits per heavy atom. The average Bonchev–Trinajstić information content (AvgIpc) is 2.81. The molecule has 0 spiro atoms. The predicted molar refractivity (Wildman–Crippen MR) is 53.3 cm³/mol. The first-order valence-electron chi connectivity index (χ1n) is 5.48. The highest BCUT2D eigenvalue weighted by atomic mass is 15.5. The van der Waals surface area contributed by atoms with Crippen molar-refractivity contribution in [2.45, 2.75) is 37.6 Å². The zero-order valence-electron chi connectivity index (χ0n) is 8.53. The molecule has 76 valence electrons. The largest absolute Gasteiger partial charge is 0.319 e. The molecule has 1 N–H and O–H groups in total. The van der Waals surface area contributed by atoms with Crippen molar-refractivity contribution in [1.82, 2.24) is 20.3 Å². The lowest BCUT2D eigenvalue weighted by Gasteiger charge is -2.11. The van der Waals surface area contributed by atoms with Gasteiger partial charge in [-0.3, -0.25) is 0 Å². The first-order chi connectivity index (χ1) is 6.90. The first kappa shape index (κ1) is 8.41. The molecule has 14 heavy (non-hydrogen) atoms. The summed E-state index contributed by atoms with van der Waals surface area (Å²) in [6, 6.07) is 0.670. The molecule has 4 nitrogen and oxygen atoms in total. The number of hydrogen-bond donors (Lipinski definition) is 1. The quantitative estimate of drug-likeness (QED) is 0.772. The Labute approximate surface area is 83.7 Å². The Bertz CT molecular complexity index is 340. The molecule has 0 amide bonds. The van der Waals surface area contributed by atoms with Crippen LogP contribution in [0.5, 0.6) is 0 Å². The third-order valence-corrected chi connectivity index (χ3v) is 3.26. The highest BCUT2D eigenvalue weighted by Crippen LogP contribution is 2.40. The summed E-state index contributed by atoms with van der Waals surface area (Å²) in [6.45, 7) is 1.06. The van der Waals surface area contributed by atoms with Crippen LogP contribution in [0, 0.1) is 0 Å². The van der Waals surface area contributed by atoms with Crippen molar-refractivity contribution in [1.29, 1.82) is 0 Å². The van der Waals surface area contributed by atoms with Gasteiger partial charge in [-0.25, -0.2) is 4.68 Å². The number of aromatic nitrogens is 3. The summed E-state index contributed by atoms with van der Waals surface area (Å²) in [7, 11) is 2.02. The Kier molecular flexibility index (Phi) is 1.83. The van der Waals surface area contributed by atoms with Gasteiger partial charge in [-0.05, 0) is 32.7 Å². The van der Waals surface area contributed by atoms with E-state index in [0.717, 1.165) is 13.0 Å². The van der Waals surface area contributed by atoms with Crippen LogP contribution in [0.4, 0.5) is 0 Å². The van der Waals surface area contributed by atoms with E-state index < -0.39 is 0 Å². The minimum Gasteiger partial charge on any atom is -0.319 e. The lowest BCUT2D eigenvalue weighted by molar-refractivity contribution is 0.520. The van der Waals surface area contributed by atoms with Gasteiger partial charge in [-0.15, -0.1) is 5.10 Å². The third-order valence-electron chi connectivity index (χ3n) is 3.26. The molecule has 1 saturated carbocycles. The van der Waals surface area contributed by atoms with Crippen LogP contribution in [-0.4, -0.2) is 28.6 Å². The van der Waals surface area contributed by atoms with Crippen LogP contribution < -0.4 is 5.32 Å². The van der Waals surface area contributed by atoms with E-state index in [1.54, 1.807) is 0 Å². The Morgan fingerprint density at radius 1 is 1.43 bits per heavy atom. The van der Waals surface area contributed by atoms with Gasteiger partial charge in [0.1, 0.15) is 0 Å². The molecular weight excluding hydrogens is 176 g/mol. The average molecular weight is 192 g/mol. The molecule has 2 aliphatic rings. The minimum atomic E-state index is 0.644. The molecule has 1 heterocycles. The smallest absolute Gasteiger partial charge is 0.0862 e. The van der Waals surface area contributed by atoms with E-state index in [0.29, 0.717) is 12.0 Å². The van der Waals surface area contributed by atoms with Gasteiger partial charge < -0.3 is 5.32 Å². The van der Waals surface area contributed by atoms with E-state index in [9.17, 15) is 0 Å². The lowest BCUT2D eigenvalue weighted by Crippen LogP contribution is -2.18. The Hall–Kier alpha value is -0.900. The number of nitrogens with one attached hydrogen (secondary N) is 1. The second-order valence-corrected chi connectivity index (χ2v) is 4.39. The van der Waals surface area contributed by atoms with Crippen LogP contribution in [0.2, 0.25) is 0 Å². The molecule has 1 fully saturated rings. The van der Waals surface area contributed by atoms with E-state index in [2.05, 4.69) is 20.3 Å². The molecule has 0 aromatic carbocycles. The van der Waals surface area contributed by atoms with Gasteiger partial charge in [0.05, 0.1) is 17.4 Å². The van der Waals surface area contributed by atoms with E-state index in [1.807, 2.05) is 7.05 Å². The fraction of sp³-hybridized carbons (Fsp3) is 0.800. The van der Waals surface area contributed by atoms with Crippen molar-refractivity contribution in [3.63, 3.8) is 0 Å². The van der Waals surface area contributed by atoms with E-state index in [1.165, 1.54) is 30.7 Å². The number of likely N-dealkylation sites (N-methyl/N-ethyl adjacent to an activating group) is 1. The summed E-state index contributed by atoms with van der Waals surface area (Å²) in [5.41, 5.74) is 2.67. The monoisotopic (exact) mass is 192 g/mol. The molecule has 3 rings (SSSR count). The highest BCUT2D eigenvalue weighted by molar-refractivity contribution is 5.23. The zero-order chi connectivity index (χ0) is 9.54. The lowest BCUT2D eigenvalue weighted by atomic mass is 10.1. The van der Waals surface area contributed by atoms with Gasteiger partial charge in [0.25, 0.3) is 0 Å². The molecule has 1 unspecified atom stereocenters. The molecule has 0 saturated heterocycles. The molecule has 2 aliphatic carbocycles. The Balaban J connectivity index is 1.93. The normalized spacial score (nSPS) is 25.4. The van der Waals surface area contributed by atoms with Crippen molar-refractivity contribution < 1.29 is 0 Å². The van der Waals surface area contributed by atoms with Gasteiger partial charge in [-0.1, -0.05) is 5.21 Å². The minimum absolute atomic E-state index is 0.644. The maximum absolute atomic E-state index is 4.28. The summed E-state index contributed by atoms with van der Waals surface area (Å²) in [4.78, 5) is 0. The third kappa shape index (κ3) is 1.17. The van der Waals surface area contributed by atoms with E-state index >= 15 is 0 Å². The van der Waals surface area contributed by atoms with Crippen LogP contribution in [0.15, 0.2) is 0 Å². The van der Waals surface area contributed by atoms with Crippen LogP contribution in [0.25, 0.3) is 0 Å². The molecule has 1 aromatic heterocycles. The summed E-state index contributed by atoms with van der Waals surface area (Å²) in [5, 5.41) is 11.8. The number of nitrogens with zero attached hydrogens (tertiary/aromatic N) is 3. The standard InChI is InChI=1S/C10H16N4/c1-11-6-7-2-5-9-10(7)14(13-12-9)8-3-4-8/h7-8,11H,2-6H2,1H3. The summed E-state index contributed by atoms with van der Waals surface area (Å²) in [6.07, 6.45) is 4.95. The highest BCUT2D eigenvalue weighted by Gasteiger charge is 2.34. The second-order valence-electron chi connectivity index (χ2n) is 4.39. The number of fused-ring (bicyclic) bond motifs is 1. The zero-order valence-corrected chi connectivity index (χ0v) is 8.53. The number of hydrogen-bond acceptors (Lipinski definition) is 3. The van der Waals surface area contributed by atoms with E-state index in [4.69, 9.17) is 0 Å². The van der Waals surface area contributed by atoms with Crippen LogP contribution >= 0.6 is 0 Å². The van der Waals surface area contributed by atoms with Crippen molar-refractivity contribution in [2.75, 3.05) is 13.6 Å². The van der Waals surface area contributed by atoms with Gasteiger partial charge in [0, 0.05) is 12.5 Å². The topological polar surface area (TPSA) is 42.7 Å². The maximum atomic E-state index is 4.28. The number of aryl methyl sites for hydroxylation is 1. The molecule has 0 aliphatic heterocycles. The van der Waals surface area contributed by atoms with E-state index in [-0.39, 0.29) is 0 Å². The molecule has 4 heteroatoms.